The van der Waals surface area contributed by atoms with E-state index in [1.165, 1.54) is 0 Å². The highest BCUT2D eigenvalue weighted by Crippen LogP contribution is 2.21. The lowest BCUT2D eigenvalue weighted by Gasteiger charge is -2.07. The van der Waals surface area contributed by atoms with Gasteiger partial charge >= 0.3 is 0 Å². The highest BCUT2D eigenvalue weighted by atomic mass is 16.5. The molecule has 0 spiro atoms. The van der Waals surface area contributed by atoms with Crippen LogP contribution in [0.1, 0.15) is 30.8 Å². The Labute approximate surface area is 117 Å². The Morgan fingerprint density at radius 1 is 1.45 bits per heavy atom. The zero-order valence-electron chi connectivity index (χ0n) is 11.6. The standard InChI is InChI=1S/C15H17N3O2/c1-3-11(9-16)17-15(19)14-7-10-5-6-12(20-4-2)8-13(10)18-14/h5-8,11,18H,3-4H2,1-2H3,(H,17,19). The third-order valence-electron chi connectivity index (χ3n) is 3.02. The van der Waals surface area contributed by atoms with E-state index >= 15 is 0 Å². The number of benzene rings is 1. The van der Waals surface area contributed by atoms with Crippen LogP contribution in [0, 0.1) is 11.3 Å². The topological polar surface area (TPSA) is 77.9 Å². The molecule has 5 nitrogen and oxygen atoms in total. The number of hydrogen-bond donors (Lipinski definition) is 2. The van der Waals surface area contributed by atoms with Crippen molar-refractivity contribution in [3.63, 3.8) is 0 Å². The predicted molar refractivity (Wildman–Crippen MR) is 76.6 cm³/mol. The fraction of sp³-hybridized carbons (Fsp3) is 0.333. The van der Waals surface area contributed by atoms with Crippen molar-refractivity contribution in [1.29, 1.82) is 5.26 Å². The molecule has 0 bridgehead atoms. The zero-order valence-corrected chi connectivity index (χ0v) is 11.6. The van der Waals surface area contributed by atoms with Gasteiger partial charge in [0.15, 0.2) is 0 Å². The van der Waals surface area contributed by atoms with Crippen LogP contribution in [-0.4, -0.2) is 23.5 Å². The van der Waals surface area contributed by atoms with Crippen LogP contribution in [0.5, 0.6) is 5.75 Å². The van der Waals surface area contributed by atoms with Crippen LogP contribution >= 0.6 is 0 Å². The van der Waals surface area contributed by atoms with Crippen LogP contribution in [-0.2, 0) is 0 Å². The van der Waals surface area contributed by atoms with Gasteiger partial charge in [-0.25, -0.2) is 0 Å². The zero-order chi connectivity index (χ0) is 14.5. The summed E-state index contributed by atoms with van der Waals surface area (Å²) in [6.07, 6.45) is 0.580. The minimum atomic E-state index is -0.465. The number of nitriles is 1. The normalized spacial score (nSPS) is 11.8. The molecule has 2 N–H and O–H groups in total. The van der Waals surface area contributed by atoms with Crippen LogP contribution in [0.15, 0.2) is 24.3 Å². The number of H-pyrrole nitrogens is 1. The number of nitrogens with zero attached hydrogens (tertiary/aromatic N) is 1. The minimum absolute atomic E-state index is 0.271. The van der Waals surface area contributed by atoms with Crippen molar-refractivity contribution in [3.8, 4) is 11.8 Å². The first-order chi connectivity index (χ1) is 9.67. The molecule has 0 aliphatic rings. The van der Waals surface area contributed by atoms with Gasteiger partial charge in [0.2, 0.25) is 0 Å². The van der Waals surface area contributed by atoms with Gasteiger partial charge < -0.3 is 15.0 Å². The fourth-order valence-electron chi connectivity index (χ4n) is 1.95. The highest BCUT2D eigenvalue weighted by Gasteiger charge is 2.13. The van der Waals surface area contributed by atoms with E-state index in [2.05, 4.69) is 10.3 Å². The van der Waals surface area contributed by atoms with Crippen molar-refractivity contribution in [2.75, 3.05) is 6.61 Å². The third kappa shape index (κ3) is 2.91. The molecule has 0 aliphatic carbocycles. The monoisotopic (exact) mass is 271 g/mol. The Bertz CT molecular complexity index is 655. The van der Waals surface area contributed by atoms with Crippen LogP contribution in [0.3, 0.4) is 0 Å². The average Bonchev–Trinajstić information content (AvgIpc) is 2.88. The Morgan fingerprint density at radius 3 is 2.90 bits per heavy atom. The van der Waals surface area contributed by atoms with E-state index < -0.39 is 6.04 Å². The molecule has 1 atom stereocenters. The van der Waals surface area contributed by atoms with Gasteiger partial charge in [0, 0.05) is 17.0 Å². The number of fused-ring (bicyclic) bond motifs is 1. The molecular weight excluding hydrogens is 254 g/mol. The van der Waals surface area contributed by atoms with E-state index in [0.717, 1.165) is 16.7 Å². The van der Waals surface area contributed by atoms with Gasteiger partial charge in [0.25, 0.3) is 5.91 Å². The quantitative estimate of drug-likeness (QED) is 0.877. The van der Waals surface area contributed by atoms with E-state index in [9.17, 15) is 4.79 Å². The number of hydrogen-bond acceptors (Lipinski definition) is 3. The van der Waals surface area contributed by atoms with Crippen LogP contribution in [0.4, 0.5) is 0 Å². The van der Waals surface area contributed by atoms with Crippen molar-refractivity contribution in [2.24, 2.45) is 0 Å². The van der Waals surface area contributed by atoms with E-state index in [4.69, 9.17) is 10.00 Å². The molecule has 1 heterocycles. The maximum atomic E-state index is 12.0. The molecule has 0 saturated heterocycles. The lowest BCUT2D eigenvalue weighted by molar-refractivity contribution is 0.0940. The molecule has 1 aromatic carbocycles. The summed E-state index contributed by atoms with van der Waals surface area (Å²) in [5, 5.41) is 12.5. The maximum absolute atomic E-state index is 12.0. The van der Waals surface area contributed by atoms with Gasteiger partial charge in [-0.05, 0) is 31.5 Å². The summed E-state index contributed by atoms with van der Waals surface area (Å²) in [6, 6.07) is 8.97. The summed E-state index contributed by atoms with van der Waals surface area (Å²) < 4.78 is 5.42. The molecule has 2 rings (SSSR count). The molecular formula is C15H17N3O2. The summed E-state index contributed by atoms with van der Waals surface area (Å²) in [4.78, 5) is 15.1. The Kier molecular flexibility index (Phi) is 4.26. The van der Waals surface area contributed by atoms with Crippen LogP contribution in [0.25, 0.3) is 10.9 Å². The summed E-state index contributed by atoms with van der Waals surface area (Å²) >= 11 is 0. The summed E-state index contributed by atoms with van der Waals surface area (Å²) in [5.74, 6) is 0.491. The minimum Gasteiger partial charge on any atom is -0.494 e. The molecule has 2 aromatic rings. The molecule has 1 aromatic heterocycles. The van der Waals surface area contributed by atoms with Gasteiger partial charge in [-0.2, -0.15) is 5.26 Å². The number of rotatable bonds is 5. The second-order valence-electron chi connectivity index (χ2n) is 4.43. The van der Waals surface area contributed by atoms with Crippen LogP contribution < -0.4 is 10.1 Å². The lowest BCUT2D eigenvalue weighted by Crippen LogP contribution is -2.33. The molecule has 0 aliphatic heterocycles. The van der Waals surface area contributed by atoms with E-state index in [-0.39, 0.29) is 5.91 Å². The molecule has 0 radical (unpaired) electrons. The number of aromatic amines is 1. The highest BCUT2D eigenvalue weighted by molar-refractivity contribution is 5.98. The van der Waals surface area contributed by atoms with Crippen molar-refractivity contribution >= 4 is 16.8 Å². The van der Waals surface area contributed by atoms with Crippen molar-refractivity contribution in [3.05, 3.63) is 30.0 Å². The Balaban J connectivity index is 2.23. The number of amides is 1. The maximum Gasteiger partial charge on any atom is 0.268 e. The first-order valence-corrected chi connectivity index (χ1v) is 6.64. The second kappa shape index (κ2) is 6.11. The molecule has 1 amide bonds. The third-order valence-corrected chi connectivity index (χ3v) is 3.02. The first kappa shape index (κ1) is 13.9. The van der Waals surface area contributed by atoms with E-state index in [1.807, 2.05) is 38.1 Å². The van der Waals surface area contributed by atoms with Crippen LogP contribution in [0.2, 0.25) is 0 Å². The molecule has 20 heavy (non-hydrogen) atoms. The fourth-order valence-corrected chi connectivity index (χ4v) is 1.95. The van der Waals surface area contributed by atoms with E-state index in [0.29, 0.717) is 18.7 Å². The van der Waals surface area contributed by atoms with Crippen molar-refractivity contribution in [1.82, 2.24) is 10.3 Å². The predicted octanol–water partition coefficient (Wildman–Crippen LogP) is 2.60. The van der Waals surface area contributed by atoms with Gasteiger partial charge in [0.1, 0.15) is 17.5 Å². The Hall–Kier alpha value is -2.48. The smallest absolute Gasteiger partial charge is 0.268 e. The summed E-state index contributed by atoms with van der Waals surface area (Å²) in [7, 11) is 0. The van der Waals surface area contributed by atoms with Gasteiger partial charge in [0.05, 0.1) is 12.7 Å². The number of nitrogens with one attached hydrogen (secondary N) is 2. The number of carbonyl (C=O) groups excluding carboxylic acids is 1. The second-order valence-corrected chi connectivity index (χ2v) is 4.43. The van der Waals surface area contributed by atoms with Gasteiger partial charge in [-0.1, -0.05) is 6.92 Å². The number of carbonyl (C=O) groups is 1. The molecule has 0 fully saturated rings. The Morgan fingerprint density at radius 2 is 2.25 bits per heavy atom. The molecule has 1 unspecified atom stereocenters. The molecule has 5 heteroatoms. The van der Waals surface area contributed by atoms with Gasteiger partial charge in [-0.3, -0.25) is 4.79 Å². The largest absolute Gasteiger partial charge is 0.494 e. The molecule has 0 saturated carbocycles. The average molecular weight is 271 g/mol. The molecule has 104 valence electrons. The first-order valence-electron chi connectivity index (χ1n) is 6.64. The van der Waals surface area contributed by atoms with Crippen molar-refractivity contribution < 1.29 is 9.53 Å². The summed E-state index contributed by atoms with van der Waals surface area (Å²) in [6.45, 7) is 4.37. The van der Waals surface area contributed by atoms with E-state index in [1.54, 1.807) is 6.07 Å². The summed E-state index contributed by atoms with van der Waals surface area (Å²) in [5.41, 5.74) is 1.29. The SMILES string of the molecule is CCOc1ccc2cc(C(=O)NC(C#N)CC)[nH]c2c1. The lowest BCUT2D eigenvalue weighted by atomic mass is 10.2. The number of ether oxygens (including phenoxy) is 1. The number of aromatic nitrogens is 1. The van der Waals surface area contributed by atoms with Gasteiger partial charge in [-0.15, -0.1) is 0 Å². The van der Waals surface area contributed by atoms with Crippen molar-refractivity contribution in [2.45, 2.75) is 26.3 Å².